The van der Waals surface area contributed by atoms with E-state index in [-0.39, 0.29) is 22.3 Å². The van der Waals surface area contributed by atoms with Crippen molar-refractivity contribution in [3.63, 3.8) is 0 Å². The average Bonchev–Trinajstić information content (AvgIpc) is 2.29. The normalized spacial score (nSPS) is 13.3. The van der Waals surface area contributed by atoms with E-state index in [4.69, 9.17) is 5.73 Å². The van der Waals surface area contributed by atoms with Crippen molar-refractivity contribution >= 4 is 21.4 Å². The first-order chi connectivity index (χ1) is 8.62. The number of anilines is 1. The monoisotopic (exact) mass is 286 g/mol. The number of carbonyl (C=O) groups is 1. The van der Waals surface area contributed by atoms with Crippen LogP contribution in [0.25, 0.3) is 0 Å². The second kappa shape index (κ2) is 5.58. The minimum Gasteiger partial charge on any atom is -0.506 e. The van der Waals surface area contributed by atoms with E-state index in [2.05, 4.69) is 5.32 Å². The molecule has 0 fully saturated rings. The number of sulfone groups is 1. The van der Waals surface area contributed by atoms with Crippen molar-refractivity contribution in [2.75, 3.05) is 11.6 Å². The van der Waals surface area contributed by atoms with Crippen molar-refractivity contribution in [3.8, 4) is 5.75 Å². The van der Waals surface area contributed by atoms with Gasteiger partial charge in [-0.3, -0.25) is 4.79 Å². The molecule has 0 aromatic heterocycles. The number of nitrogens with two attached hydrogens (primary N) is 1. The highest BCUT2D eigenvalue weighted by atomic mass is 32.2. The molecule has 6 nitrogen and oxygen atoms in total. The van der Waals surface area contributed by atoms with Crippen LogP contribution in [0.5, 0.6) is 5.75 Å². The van der Waals surface area contributed by atoms with E-state index in [0.29, 0.717) is 0 Å². The maximum Gasteiger partial charge on any atom is 0.241 e. The third kappa shape index (κ3) is 3.93. The number of rotatable bonds is 4. The molecule has 1 unspecified atom stereocenters. The Morgan fingerprint density at radius 1 is 1.37 bits per heavy atom. The van der Waals surface area contributed by atoms with Gasteiger partial charge in [0, 0.05) is 6.26 Å². The van der Waals surface area contributed by atoms with Crippen molar-refractivity contribution in [3.05, 3.63) is 18.2 Å². The first-order valence-electron chi connectivity index (χ1n) is 5.72. The standard InChI is InChI=1S/C12H18N2O4S/c1-7(2)11(13)12(16)14-9-6-8(19(3,17)18)4-5-10(9)15/h4-7,11,15H,13H2,1-3H3,(H,14,16). The summed E-state index contributed by atoms with van der Waals surface area (Å²) in [6.07, 6.45) is 1.05. The third-order valence-electron chi connectivity index (χ3n) is 2.68. The molecule has 0 heterocycles. The fourth-order valence-corrected chi connectivity index (χ4v) is 2.01. The van der Waals surface area contributed by atoms with Gasteiger partial charge in [-0.25, -0.2) is 8.42 Å². The molecule has 1 amide bonds. The van der Waals surface area contributed by atoms with Crippen molar-refractivity contribution in [2.45, 2.75) is 24.8 Å². The van der Waals surface area contributed by atoms with Crippen LogP contribution in [0.2, 0.25) is 0 Å². The molecular formula is C12H18N2O4S. The molecule has 7 heteroatoms. The highest BCUT2D eigenvalue weighted by Crippen LogP contribution is 2.26. The zero-order chi connectivity index (χ0) is 14.8. The van der Waals surface area contributed by atoms with E-state index in [1.807, 2.05) is 0 Å². The fraction of sp³-hybridized carbons (Fsp3) is 0.417. The number of carbonyl (C=O) groups excluding carboxylic acids is 1. The molecule has 0 aliphatic carbocycles. The molecule has 106 valence electrons. The molecule has 1 atom stereocenters. The van der Waals surface area contributed by atoms with Gasteiger partial charge in [0.2, 0.25) is 5.91 Å². The van der Waals surface area contributed by atoms with Gasteiger partial charge in [0.05, 0.1) is 16.6 Å². The molecule has 0 aliphatic heterocycles. The number of amides is 1. The predicted molar refractivity (Wildman–Crippen MR) is 72.7 cm³/mol. The molecule has 1 rings (SSSR count). The molecule has 1 aromatic rings. The first-order valence-corrected chi connectivity index (χ1v) is 7.61. The predicted octanol–water partition coefficient (Wildman–Crippen LogP) is 0.717. The summed E-state index contributed by atoms with van der Waals surface area (Å²) in [6, 6.07) is 2.95. The molecule has 0 saturated carbocycles. The van der Waals surface area contributed by atoms with E-state index >= 15 is 0 Å². The summed E-state index contributed by atoms with van der Waals surface area (Å²) in [6.45, 7) is 3.58. The Labute approximate surface area is 112 Å². The van der Waals surface area contributed by atoms with Gasteiger partial charge in [-0.2, -0.15) is 0 Å². The number of hydrogen-bond donors (Lipinski definition) is 3. The van der Waals surface area contributed by atoms with Crippen LogP contribution in [-0.2, 0) is 14.6 Å². The Morgan fingerprint density at radius 3 is 2.42 bits per heavy atom. The van der Waals surface area contributed by atoms with Crippen LogP contribution in [0.1, 0.15) is 13.8 Å². The molecule has 0 radical (unpaired) electrons. The molecule has 0 bridgehead atoms. The molecular weight excluding hydrogens is 268 g/mol. The number of nitrogens with one attached hydrogen (secondary N) is 1. The van der Waals surface area contributed by atoms with E-state index in [1.165, 1.54) is 18.2 Å². The van der Waals surface area contributed by atoms with E-state index in [0.717, 1.165) is 6.26 Å². The lowest BCUT2D eigenvalue weighted by molar-refractivity contribution is -0.118. The zero-order valence-corrected chi connectivity index (χ0v) is 11.9. The third-order valence-corrected chi connectivity index (χ3v) is 3.79. The number of aromatic hydroxyl groups is 1. The van der Waals surface area contributed by atoms with Gasteiger partial charge in [0.25, 0.3) is 0 Å². The zero-order valence-electron chi connectivity index (χ0n) is 11.0. The van der Waals surface area contributed by atoms with Crippen LogP contribution in [0.3, 0.4) is 0 Å². The number of phenolic OH excluding ortho intramolecular Hbond substituents is 1. The van der Waals surface area contributed by atoms with Gasteiger partial charge in [-0.05, 0) is 24.1 Å². The molecule has 4 N–H and O–H groups in total. The number of benzene rings is 1. The summed E-state index contributed by atoms with van der Waals surface area (Å²) in [5.74, 6) is -0.757. The Morgan fingerprint density at radius 2 is 1.95 bits per heavy atom. The minimum absolute atomic E-state index is 0.0127. The Kier molecular flexibility index (Phi) is 4.54. The van der Waals surface area contributed by atoms with Gasteiger partial charge in [0.1, 0.15) is 5.75 Å². The van der Waals surface area contributed by atoms with E-state index < -0.39 is 21.8 Å². The highest BCUT2D eigenvalue weighted by molar-refractivity contribution is 7.90. The first kappa shape index (κ1) is 15.5. The maximum absolute atomic E-state index is 11.8. The van der Waals surface area contributed by atoms with Crippen molar-refractivity contribution in [1.82, 2.24) is 0 Å². The lowest BCUT2D eigenvalue weighted by Crippen LogP contribution is -2.39. The van der Waals surface area contributed by atoms with Gasteiger partial charge in [-0.15, -0.1) is 0 Å². The van der Waals surface area contributed by atoms with Crippen molar-refractivity contribution < 1.29 is 18.3 Å². The molecule has 1 aromatic carbocycles. The van der Waals surface area contributed by atoms with Crippen LogP contribution in [-0.4, -0.2) is 31.7 Å². The summed E-state index contributed by atoms with van der Waals surface area (Å²) in [5.41, 5.74) is 5.70. The van der Waals surface area contributed by atoms with E-state index in [9.17, 15) is 18.3 Å². The summed E-state index contributed by atoms with van der Waals surface area (Å²) >= 11 is 0. The summed E-state index contributed by atoms with van der Waals surface area (Å²) in [4.78, 5) is 11.8. The number of hydrogen-bond acceptors (Lipinski definition) is 5. The summed E-state index contributed by atoms with van der Waals surface area (Å²) < 4.78 is 22.8. The summed E-state index contributed by atoms with van der Waals surface area (Å²) in [7, 11) is -3.41. The van der Waals surface area contributed by atoms with Gasteiger partial charge in [0.15, 0.2) is 9.84 Å². The van der Waals surface area contributed by atoms with Crippen LogP contribution in [0.15, 0.2) is 23.1 Å². The topological polar surface area (TPSA) is 109 Å². The Balaban J connectivity index is 3.05. The second-order valence-corrected chi connectivity index (χ2v) is 6.73. The average molecular weight is 286 g/mol. The molecule has 0 saturated heterocycles. The SMILES string of the molecule is CC(C)C(N)C(=O)Nc1cc(S(C)(=O)=O)ccc1O. The highest BCUT2D eigenvalue weighted by Gasteiger charge is 2.19. The van der Waals surface area contributed by atoms with Gasteiger partial charge >= 0.3 is 0 Å². The quantitative estimate of drug-likeness (QED) is 0.706. The number of phenols is 1. The molecule has 19 heavy (non-hydrogen) atoms. The maximum atomic E-state index is 11.8. The lowest BCUT2D eigenvalue weighted by Gasteiger charge is -2.16. The Hall–Kier alpha value is -1.60. The van der Waals surface area contributed by atoms with Crippen LogP contribution in [0.4, 0.5) is 5.69 Å². The van der Waals surface area contributed by atoms with E-state index in [1.54, 1.807) is 13.8 Å². The smallest absolute Gasteiger partial charge is 0.241 e. The van der Waals surface area contributed by atoms with Crippen LogP contribution in [0, 0.1) is 5.92 Å². The van der Waals surface area contributed by atoms with Crippen LogP contribution < -0.4 is 11.1 Å². The lowest BCUT2D eigenvalue weighted by atomic mass is 10.0. The largest absolute Gasteiger partial charge is 0.506 e. The van der Waals surface area contributed by atoms with Crippen molar-refractivity contribution in [2.24, 2.45) is 11.7 Å². The van der Waals surface area contributed by atoms with Gasteiger partial charge in [-0.1, -0.05) is 13.8 Å². The summed E-state index contributed by atoms with van der Waals surface area (Å²) in [5, 5.41) is 12.0. The van der Waals surface area contributed by atoms with Crippen molar-refractivity contribution in [1.29, 1.82) is 0 Å². The molecule has 0 spiro atoms. The molecule has 0 aliphatic rings. The minimum atomic E-state index is -3.41. The Bertz CT molecular complexity index is 581. The second-order valence-electron chi connectivity index (χ2n) is 4.71. The van der Waals surface area contributed by atoms with Crippen LogP contribution >= 0.6 is 0 Å². The van der Waals surface area contributed by atoms with Gasteiger partial charge < -0.3 is 16.2 Å². The fourth-order valence-electron chi connectivity index (χ4n) is 1.36.